The first-order chi connectivity index (χ1) is 10.2. The van der Waals surface area contributed by atoms with Crippen molar-refractivity contribution in [1.29, 1.82) is 0 Å². The van der Waals surface area contributed by atoms with Crippen molar-refractivity contribution in [2.24, 2.45) is 5.73 Å². The number of fused-ring (bicyclic) bond motifs is 2. The summed E-state index contributed by atoms with van der Waals surface area (Å²) in [5.41, 5.74) is 10.3. The Morgan fingerprint density at radius 1 is 1.29 bits per heavy atom. The van der Waals surface area contributed by atoms with Crippen molar-refractivity contribution < 1.29 is 4.74 Å². The highest BCUT2D eigenvalue weighted by molar-refractivity contribution is 5.86. The van der Waals surface area contributed by atoms with E-state index in [0.717, 1.165) is 44.0 Å². The quantitative estimate of drug-likeness (QED) is 0.941. The van der Waals surface area contributed by atoms with E-state index in [1.165, 1.54) is 22.1 Å². The Morgan fingerprint density at radius 3 is 2.90 bits per heavy atom. The zero-order valence-electron chi connectivity index (χ0n) is 12.9. The molecule has 0 saturated heterocycles. The Balaban J connectivity index is 2.01. The van der Waals surface area contributed by atoms with Crippen molar-refractivity contribution in [2.45, 2.75) is 26.8 Å². The molecule has 21 heavy (non-hydrogen) atoms. The van der Waals surface area contributed by atoms with Gasteiger partial charge in [-0.1, -0.05) is 12.1 Å². The first-order valence-electron chi connectivity index (χ1n) is 7.64. The van der Waals surface area contributed by atoms with Crippen LogP contribution < -0.4 is 10.5 Å². The molecule has 0 fully saturated rings. The molecule has 2 aromatic rings. The maximum atomic E-state index is 5.88. The summed E-state index contributed by atoms with van der Waals surface area (Å²) in [6.45, 7) is 8.52. The second kappa shape index (κ2) is 6.00. The summed E-state index contributed by atoms with van der Waals surface area (Å²) >= 11 is 0. The number of hydrogen-bond donors (Lipinski definition) is 1. The summed E-state index contributed by atoms with van der Waals surface area (Å²) in [6, 6.07) is 6.54. The summed E-state index contributed by atoms with van der Waals surface area (Å²) in [7, 11) is 0. The van der Waals surface area contributed by atoms with Gasteiger partial charge in [0, 0.05) is 24.0 Å². The zero-order chi connectivity index (χ0) is 14.8. The number of aryl methyl sites for hydroxylation is 2. The summed E-state index contributed by atoms with van der Waals surface area (Å²) < 4.78 is 5.88. The fraction of sp³-hybridized carbons (Fsp3) is 0.471. The number of benzene rings is 1. The monoisotopic (exact) mass is 285 g/mol. The Bertz CT molecular complexity index is 654. The third-order valence-corrected chi connectivity index (χ3v) is 4.16. The molecule has 4 heteroatoms. The van der Waals surface area contributed by atoms with E-state index in [9.17, 15) is 0 Å². The molecule has 2 heterocycles. The number of aromatic nitrogens is 1. The van der Waals surface area contributed by atoms with E-state index in [-0.39, 0.29) is 0 Å². The minimum atomic E-state index is 0.695. The molecule has 0 radical (unpaired) electrons. The number of ether oxygens (including phenoxy) is 1. The van der Waals surface area contributed by atoms with Crippen molar-refractivity contribution in [3.8, 4) is 5.88 Å². The van der Waals surface area contributed by atoms with Crippen LogP contribution in [0.2, 0.25) is 0 Å². The lowest BCUT2D eigenvalue weighted by Crippen LogP contribution is -2.28. The summed E-state index contributed by atoms with van der Waals surface area (Å²) in [6.07, 6.45) is 1.02. The highest BCUT2D eigenvalue weighted by Crippen LogP contribution is 2.29. The molecule has 0 unspecified atom stereocenters. The van der Waals surface area contributed by atoms with Crippen LogP contribution in [0.15, 0.2) is 18.2 Å². The first kappa shape index (κ1) is 14.3. The van der Waals surface area contributed by atoms with Gasteiger partial charge in [0.05, 0.1) is 5.52 Å². The average Bonchev–Trinajstić information content (AvgIpc) is 2.69. The maximum absolute atomic E-state index is 5.88. The summed E-state index contributed by atoms with van der Waals surface area (Å²) in [5.74, 6) is 0.798. The molecule has 0 spiro atoms. The van der Waals surface area contributed by atoms with Crippen LogP contribution in [0.1, 0.15) is 23.1 Å². The van der Waals surface area contributed by atoms with E-state index in [4.69, 9.17) is 15.5 Å². The van der Waals surface area contributed by atoms with Crippen LogP contribution in [0.4, 0.5) is 0 Å². The van der Waals surface area contributed by atoms with Gasteiger partial charge in [-0.25, -0.2) is 4.98 Å². The minimum Gasteiger partial charge on any atom is -0.476 e. The van der Waals surface area contributed by atoms with Crippen molar-refractivity contribution >= 4 is 10.9 Å². The van der Waals surface area contributed by atoms with Gasteiger partial charge in [0.15, 0.2) is 0 Å². The molecule has 0 amide bonds. The van der Waals surface area contributed by atoms with Crippen molar-refractivity contribution in [3.63, 3.8) is 0 Å². The van der Waals surface area contributed by atoms with Gasteiger partial charge in [-0.2, -0.15) is 0 Å². The molecule has 2 N–H and O–H groups in total. The van der Waals surface area contributed by atoms with Gasteiger partial charge in [-0.15, -0.1) is 0 Å². The maximum Gasteiger partial charge on any atom is 0.218 e. The van der Waals surface area contributed by atoms with E-state index in [2.05, 4.69) is 36.9 Å². The number of nitrogens with two attached hydrogens (primary N) is 1. The smallest absolute Gasteiger partial charge is 0.218 e. The minimum absolute atomic E-state index is 0.695. The van der Waals surface area contributed by atoms with Gasteiger partial charge in [0.1, 0.15) is 6.61 Å². The van der Waals surface area contributed by atoms with E-state index in [0.29, 0.717) is 6.61 Å². The fourth-order valence-corrected chi connectivity index (χ4v) is 2.89. The highest BCUT2D eigenvalue weighted by Gasteiger charge is 2.18. The van der Waals surface area contributed by atoms with Crippen LogP contribution in [0.5, 0.6) is 5.88 Å². The Kier molecular flexibility index (Phi) is 4.08. The number of rotatable bonds is 3. The number of nitrogens with zero attached hydrogens (tertiary/aromatic N) is 2. The predicted molar refractivity (Wildman–Crippen MR) is 85.7 cm³/mol. The van der Waals surface area contributed by atoms with Crippen LogP contribution >= 0.6 is 0 Å². The molecule has 1 aliphatic heterocycles. The molecule has 4 nitrogen and oxygen atoms in total. The zero-order valence-corrected chi connectivity index (χ0v) is 12.9. The number of hydrogen-bond acceptors (Lipinski definition) is 4. The Labute approximate surface area is 125 Å². The van der Waals surface area contributed by atoms with Gasteiger partial charge in [-0.3, -0.25) is 4.90 Å². The van der Waals surface area contributed by atoms with Gasteiger partial charge < -0.3 is 10.5 Å². The largest absolute Gasteiger partial charge is 0.476 e. The van der Waals surface area contributed by atoms with E-state index >= 15 is 0 Å². The summed E-state index contributed by atoms with van der Waals surface area (Å²) in [5, 5.41) is 1.23. The van der Waals surface area contributed by atoms with Gasteiger partial charge in [-0.05, 0) is 50.6 Å². The summed E-state index contributed by atoms with van der Waals surface area (Å²) in [4.78, 5) is 7.18. The van der Waals surface area contributed by atoms with Gasteiger partial charge in [0.2, 0.25) is 5.88 Å². The van der Waals surface area contributed by atoms with Crippen molar-refractivity contribution in [3.05, 3.63) is 34.9 Å². The molecular formula is C17H23N3O. The van der Waals surface area contributed by atoms with Crippen molar-refractivity contribution in [1.82, 2.24) is 9.88 Å². The van der Waals surface area contributed by atoms with Crippen LogP contribution in [-0.4, -0.2) is 36.1 Å². The average molecular weight is 285 g/mol. The Hall–Kier alpha value is -1.65. The lowest BCUT2D eigenvalue weighted by molar-refractivity contribution is 0.222. The topological polar surface area (TPSA) is 51.4 Å². The van der Waals surface area contributed by atoms with Crippen LogP contribution in [-0.2, 0) is 6.54 Å². The molecule has 0 bridgehead atoms. The molecule has 1 aromatic carbocycles. The molecule has 1 aromatic heterocycles. The first-order valence-corrected chi connectivity index (χ1v) is 7.64. The van der Waals surface area contributed by atoms with Crippen LogP contribution in [0, 0.1) is 13.8 Å². The SMILES string of the molecule is Cc1ccc(C)c2nc3c(cc12)CN(CCCN)CCO3. The lowest BCUT2D eigenvalue weighted by Gasteiger charge is -2.18. The molecule has 0 aliphatic carbocycles. The standard InChI is InChI=1S/C17H23N3O/c1-12-4-5-13(2)16-15(12)10-14-11-20(7-3-6-18)8-9-21-17(14)19-16/h4-5,10H,3,6-9,11,18H2,1-2H3. The van der Waals surface area contributed by atoms with E-state index in [1.807, 2.05) is 0 Å². The fourth-order valence-electron chi connectivity index (χ4n) is 2.89. The third-order valence-electron chi connectivity index (χ3n) is 4.16. The normalized spacial score (nSPS) is 15.6. The highest BCUT2D eigenvalue weighted by atomic mass is 16.5. The molecule has 112 valence electrons. The van der Waals surface area contributed by atoms with E-state index < -0.39 is 0 Å². The van der Waals surface area contributed by atoms with Gasteiger partial charge >= 0.3 is 0 Å². The molecule has 3 rings (SSSR count). The second-order valence-corrected chi connectivity index (χ2v) is 5.82. The second-order valence-electron chi connectivity index (χ2n) is 5.82. The molecular weight excluding hydrogens is 262 g/mol. The van der Waals surface area contributed by atoms with Crippen LogP contribution in [0.3, 0.4) is 0 Å². The number of pyridine rings is 1. The van der Waals surface area contributed by atoms with Crippen molar-refractivity contribution in [2.75, 3.05) is 26.2 Å². The van der Waals surface area contributed by atoms with Gasteiger partial charge in [0.25, 0.3) is 0 Å². The molecule has 1 aliphatic rings. The molecule has 0 atom stereocenters. The molecule has 0 saturated carbocycles. The van der Waals surface area contributed by atoms with Crippen LogP contribution in [0.25, 0.3) is 10.9 Å². The van der Waals surface area contributed by atoms with E-state index in [1.54, 1.807) is 0 Å². The predicted octanol–water partition coefficient (Wildman–Crippen LogP) is 2.39. The lowest BCUT2D eigenvalue weighted by atomic mass is 10.0. The third kappa shape index (κ3) is 2.87. The Morgan fingerprint density at radius 2 is 2.10 bits per heavy atom.